The molecule has 0 aromatic carbocycles. The van der Waals surface area contributed by atoms with E-state index in [9.17, 15) is 4.79 Å². The molecule has 0 N–H and O–H groups in total. The first kappa shape index (κ1) is 17.4. The van der Waals surface area contributed by atoms with Crippen molar-refractivity contribution >= 4 is 5.91 Å². The molecule has 117 valence electrons. The van der Waals surface area contributed by atoms with E-state index in [2.05, 4.69) is 24.1 Å². The Morgan fingerprint density at radius 1 is 1.20 bits per heavy atom. The Morgan fingerprint density at radius 3 is 2.30 bits per heavy atom. The molecule has 1 aliphatic rings. The van der Waals surface area contributed by atoms with Gasteiger partial charge in [0.1, 0.15) is 0 Å². The molecule has 1 radical (unpaired) electrons. The topological polar surface area (TPSA) is 37.7 Å². The Kier molecular flexibility index (Phi) is 8.15. The van der Waals surface area contributed by atoms with Crippen LogP contribution in [-0.2, 0) is 4.79 Å². The van der Waals surface area contributed by atoms with E-state index in [4.69, 9.17) is 0 Å². The van der Waals surface area contributed by atoms with Gasteiger partial charge in [0.05, 0.1) is 0 Å². The fourth-order valence-electron chi connectivity index (χ4n) is 3.08. The van der Waals surface area contributed by atoms with Gasteiger partial charge in [-0.1, -0.05) is 0 Å². The standard InChI is InChI=1S/C16H32N3O/c1-5-18(6-2)16(20)8-7-13-19(14(3)4)15-9-11-17-12-10-15/h14-15H,5-13H2,1-4H3. The van der Waals surface area contributed by atoms with Gasteiger partial charge in [0.15, 0.2) is 0 Å². The maximum Gasteiger partial charge on any atom is 0.222 e. The zero-order valence-electron chi connectivity index (χ0n) is 13.8. The summed E-state index contributed by atoms with van der Waals surface area (Å²) in [6, 6.07) is 1.22. The number of hydrogen-bond acceptors (Lipinski definition) is 2. The van der Waals surface area contributed by atoms with Crippen LogP contribution >= 0.6 is 0 Å². The van der Waals surface area contributed by atoms with Crippen molar-refractivity contribution in [3.8, 4) is 0 Å². The van der Waals surface area contributed by atoms with E-state index in [0.29, 0.717) is 24.4 Å². The first-order valence-electron chi connectivity index (χ1n) is 8.26. The quantitative estimate of drug-likeness (QED) is 0.684. The van der Waals surface area contributed by atoms with Crippen LogP contribution in [0.25, 0.3) is 0 Å². The third-order valence-electron chi connectivity index (χ3n) is 4.30. The summed E-state index contributed by atoms with van der Waals surface area (Å²) in [5, 5.41) is 4.44. The Morgan fingerprint density at radius 2 is 1.80 bits per heavy atom. The van der Waals surface area contributed by atoms with Crippen molar-refractivity contribution in [1.82, 2.24) is 15.1 Å². The predicted octanol–water partition coefficient (Wildman–Crippen LogP) is 2.11. The molecule has 1 fully saturated rings. The molecular weight excluding hydrogens is 250 g/mol. The molecule has 4 nitrogen and oxygen atoms in total. The molecular formula is C16H32N3O. The summed E-state index contributed by atoms with van der Waals surface area (Å²) in [7, 11) is 0. The number of rotatable bonds is 8. The van der Waals surface area contributed by atoms with E-state index < -0.39 is 0 Å². The van der Waals surface area contributed by atoms with Crippen LogP contribution in [0.2, 0.25) is 0 Å². The lowest BCUT2D eigenvalue weighted by Gasteiger charge is -2.37. The van der Waals surface area contributed by atoms with Gasteiger partial charge in [-0.2, -0.15) is 0 Å². The summed E-state index contributed by atoms with van der Waals surface area (Å²) in [5.74, 6) is 0.303. The van der Waals surface area contributed by atoms with Crippen LogP contribution in [0.3, 0.4) is 0 Å². The van der Waals surface area contributed by atoms with Gasteiger partial charge in [0.2, 0.25) is 5.91 Å². The Bertz CT molecular complexity index is 271. The molecule has 0 atom stereocenters. The average molecular weight is 282 g/mol. The fraction of sp³-hybridized carbons (Fsp3) is 0.938. The minimum absolute atomic E-state index is 0.303. The predicted molar refractivity (Wildman–Crippen MR) is 83.9 cm³/mol. The number of piperidine rings is 1. The van der Waals surface area contributed by atoms with Crippen LogP contribution in [0, 0.1) is 0 Å². The maximum atomic E-state index is 12.0. The summed E-state index contributed by atoms with van der Waals surface area (Å²) >= 11 is 0. The first-order chi connectivity index (χ1) is 9.60. The lowest BCUT2D eigenvalue weighted by Crippen LogP contribution is -2.45. The molecule has 0 unspecified atom stereocenters. The minimum Gasteiger partial charge on any atom is -0.343 e. The van der Waals surface area contributed by atoms with Crippen molar-refractivity contribution in [3.63, 3.8) is 0 Å². The third kappa shape index (κ3) is 5.41. The van der Waals surface area contributed by atoms with Gasteiger partial charge in [-0.25, -0.2) is 5.32 Å². The SMILES string of the molecule is CCN(CC)C(=O)CCCN(C(C)C)C1CC[N]CC1. The van der Waals surface area contributed by atoms with Gasteiger partial charge in [-0.3, -0.25) is 9.69 Å². The first-order valence-corrected chi connectivity index (χ1v) is 8.26. The van der Waals surface area contributed by atoms with Crippen LogP contribution in [0.15, 0.2) is 0 Å². The highest BCUT2D eigenvalue weighted by molar-refractivity contribution is 5.76. The molecule has 0 aromatic heterocycles. The summed E-state index contributed by atoms with van der Waals surface area (Å²) in [6.45, 7) is 13.3. The van der Waals surface area contributed by atoms with Gasteiger partial charge in [-0.15, -0.1) is 0 Å². The smallest absolute Gasteiger partial charge is 0.222 e. The van der Waals surface area contributed by atoms with Crippen molar-refractivity contribution in [2.45, 2.75) is 65.5 Å². The van der Waals surface area contributed by atoms with E-state index in [0.717, 1.165) is 39.1 Å². The molecule has 1 aliphatic heterocycles. The Labute approximate surface area is 124 Å². The molecule has 0 saturated carbocycles. The second kappa shape index (κ2) is 9.35. The largest absolute Gasteiger partial charge is 0.343 e. The average Bonchev–Trinajstić information content (AvgIpc) is 2.45. The second-order valence-corrected chi connectivity index (χ2v) is 5.90. The van der Waals surface area contributed by atoms with E-state index in [1.54, 1.807) is 0 Å². The molecule has 1 rings (SSSR count). The summed E-state index contributed by atoms with van der Waals surface area (Å²) in [4.78, 5) is 16.5. The summed E-state index contributed by atoms with van der Waals surface area (Å²) in [5.41, 5.74) is 0. The number of hydrogen-bond donors (Lipinski definition) is 0. The maximum absolute atomic E-state index is 12.0. The molecule has 0 bridgehead atoms. The number of carbonyl (C=O) groups excluding carboxylic acids is 1. The second-order valence-electron chi connectivity index (χ2n) is 5.90. The molecule has 1 amide bonds. The van der Waals surface area contributed by atoms with Crippen molar-refractivity contribution in [3.05, 3.63) is 0 Å². The van der Waals surface area contributed by atoms with Crippen LogP contribution in [-0.4, -0.2) is 60.5 Å². The normalized spacial score (nSPS) is 16.9. The monoisotopic (exact) mass is 282 g/mol. The van der Waals surface area contributed by atoms with Gasteiger partial charge >= 0.3 is 0 Å². The molecule has 20 heavy (non-hydrogen) atoms. The Hall–Kier alpha value is -0.610. The Balaban J connectivity index is 2.37. The van der Waals surface area contributed by atoms with E-state index in [1.165, 1.54) is 12.8 Å². The van der Waals surface area contributed by atoms with Gasteiger partial charge in [-0.05, 0) is 53.5 Å². The lowest BCUT2D eigenvalue weighted by molar-refractivity contribution is -0.131. The highest BCUT2D eigenvalue weighted by Gasteiger charge is 2.23. The molecule has 4 heteroatoms. The highest BCUT2D eigenvalue weighted by Crippen LogP contribution is 2.16. The van der Waals surface area contributed by atoms with Crippen molar-refractivity contribution in [2.75, 3.05) is 32.7 Å². The molecule has 0 spiro atoms. The summed E-state index contributed by atoms with van der Waals surface area (Å²) in [6.07, 6.45) is 4.02. The van der Waals surface area contributed by atoms with Gasteiger partial charge < -0.3 is 4.90 Å². The van der Waals surface area contributed by atoms with Crippen LogP contribution in [0.1, 0.15) is 53.4 Å². The van der Waals surface area contributed by atoms with E-state index in [-0.39, 0.29) is 0 Å². The van der Waals surface area contributed by atoms with E-state index in [1.807, 2.05) is 18.7 Å². The number of nitrogens with zero attached hydrogens (tertiary/aromatic N) is 3. The minimum atomic E-state index is 0.303. The van der Waals surface area contributed by atoms with Gasteiger partial charge in [0, 0.05) is 44.7 Å². The van der Waals surface area contributed by atoms with Gasteiger partial charge in [0.25, 0.3) is 0 Å². The zero-order chi connectivity index (χ0) is 15.0. The van der Waals surface area contributed by atoms with Crippen LogP contribution in [0.5, 0.6) is 0 Å². The molecule has 1 saturated heterocycles. The van der Waals surface area contributed by atoms with Crippen molar-refractivity contribution in [2.24, 2.45) is 0 Å². The fourth-order valence-corrected chi connectivity index (χ4v) is 3.08. The van der Waals surface area contributed by atoms with Crippen LogP contribution < -0.4 is 5.32 Å². The van der Waals surface area contributed by atoms with Crippen molar-refractivity contribution in [1.29, 1.82) is 0 Å². The molecule has 0 aliphatic carbocycles. The van der Waals surface area contributed by atoms with Crippen LogP contribution in [0.4, 0.5) is 0 Å². The molecule has 1 heterocycles. The number of carbonyl (C=O) groups is 1. The third-order valence-corrected chi connectivity index (χ3v) is 4.30. The van der Waals surface area contributed by atoms with E-state index >= 15 is 0 Å². The number of amides is 1. The highest BCUT2D eigenvalue weighted by atomic mass is 16.2. The summed E-state index contributed by atoms with van der Waals surface area (Å²) < 4.78 is 0. The van der Waals surface area contributed by atoms with Crippen molar-refractivity contribution < 1.29 is 4.79 Å². The zero-order valence-corrected chi connectivity index (χ0v) is 13.8. The lowest BCUT2D eigenvalue weighted by atomic mass is 10.0. The molecule has 0 aromatic rings.